The highest BCUT2D eigenvalue weighted by atomic mass is 32.2. The zero-order chi connectivity index (χ0) is 11.8. The van der Waals surface area contributed by atoms with Crippen LogP contribution in [0.25, 0.3) is 0 Å². The van der Waals surface area contributed by atoms with E-state index in [1.165, 1.54) is 0 Å². The van der Waals surface area contributed by atoms with Gasteiger partial charge in [0.25, 0.3) is 0 Å². The Balaban J connectivity index is 2.00. The van der Waals surface area contributed by atoms with Crippen LogP contribution in [0, 0.1) is 5.92 Å². The summed E-state index contributed by atoms with van der Waals surface area (Å²) in [6.07, 6.45) is 2.71. The second-order valence-electron chi connectivity index (χ2n) is 5.27. The van der Waals surface area contributed by atoms with Gasteiger partial charge in [-0.25, -0.2) is 0 Å². The first-order valence-electron chi connectivity index (χ1n) is 6.14. The lowest BCUT2D eigenvalue weighted by molar-refractivity contribution is -0.137. The molecule has 2 heterocycles. The van der Waals surface area contributed by atoms with Gasteiger partial charge in [-0.05, 0) is 37.9 Å². The maximum Gasteiger partial charge on any atom is 0.238 e. The Hall–Kier alpha value is -0.220. The second-order valence-corrected chi connectivity index (χ2v) is 6.87. The van der Waals surface area contributed by atoms with E-state index in [0.717, 1.165) is 31.6 Å². The molecule has 2 aliphatic rings. The number of nitrogens with zero attached hydrogens (tertiary/aromatic N) is 1. The highest BCUT2D eigenvalue weighted by molar-refractivity contribution is 8.01. The van der Waals surface area contributed by atoms with Gasteiger partial charge in [-0.3, -0.25) is 4.79 Å². The molecular formula is C12H21NO2S. The van der Waals surface area contributed by atoms with Crippen molar-refractivity contribution in [2.75, 3.05) is 18.8 Å². The average molecular weight is 243 g/mol. The largest absolute Gasteiger partial charge is 0.391 e. The Bertz CT molecular complexity index is 276. The standard InChI is InChI=1S/C12H21NO2S/c1-9-4-6-13(8-10(9)14)11(15)12(2)5-3-7-16-12/h9-10,14H,3-8H2,1-2H3. The molecule has 2 aliphatic heterocycles. The fraction of sp³-hybridized carbons (Fsp3) is 0.917. The van der Waals surface area contributed by atoms with Crippen molar-refractivity contribution in [3.8, 4) is 0 Å². The van der Waals surface area contributed by atoms with Crippen molar-refractivity contribution in [2.24, 2.45) is 5.92 Å². The number of likely N-dealkylation sites (tertiary alicyclic amines) is 1. The number of aliphatic hydroxyl groups is 1. The van der Waals surface area contributed by atoms with Gasteiger partial charge in [-0.15, -0.1) is 11.8 Å². The van der Waals surface area contributed by atoms with Crippen molar-refractivity contribution < 1.29 is 9.90 Å². The molecule has 0 bridgehead atoms. The summed E-state index contributed by atoms with van der Waals surface area (Å²) in [7, 11) is 0. The number of carbonyl (C=O) groups excluding carboxylic acids is 1. The molecule has 3 nitrogen and oxygen atoms in total. The third kappa shape index (κ3) is 2.23. The summed E-state index contributed by atoms with van der Waals surface area (Å²) >= 11 is 1.78. The number of hydrogen-bond acceptors (Lipinski definition) is 3. The summed E-state index contributed by atoms with van der Waals surface area (Å²) < 4.78 is -0.222. The number of β-amino-alcohol motifs (C(OH)–C–C–N with tert-alkyl or cyclic N) is 1. The van der Waals surface area contributed by atoms with Crippen LogP contribution in [-0.4, -0.2) is 45.6 Å². The summed E-state index contributed by atoms with van der Waals surface area (Å²) in [6, 6.07) is 0. The molecular weight excluding hydrogens is 222 g/mol. The SMILES string of the molecule is CC1CCN(C(=O)C2(C)CCCS2)CC1O. The van der Waals surface area contributed by atoms with Gasteiger partial charge in [0.1, 0.15) is 0 Å². The average Bonchev–Trinajstić information content (AvgIpc) is 2.70. The van der Waals surface area contributed by atoms with E-state index >= 15 is 0 Å². The van der Waals surface area contributed by atoms with Gasteiger partial charge >= 0.3 is 0 Å². The smallest absolute Gasteiger partial charge is 0.238 e. The van der Waals surface area contributed by atoms with Crippen molar-refractivity contribution >= 4 is 17.7 Å². The first-order valence-corrected chi connectivity index (χ1v) is 7.13. The lowest BCUT2D eigenvalue weighted by atomic mass is 9.94. The molecule has 4 heteroatoms. The van der Waals surface area contributed by atoms with Crippen molar-refractivity contribution in [2.45, 2.75) is 44.0 Å². The minimum atomic E-state index is -0.340. The summed E-state index contributed by atoms with van der Waals surface area (Å²) in [4.78, 5) is 14.2. The molecule has 0 radical (unpaired) electrons. The molecule has 2 saturated heterocycles. The highest BCUT2D eigenvalue weighted by Crippen LogP contribution is 2.39. The monoisotopic (exact) mass is 243 g/mol. The van der Waals surface area contributed by atoms with E-state index in [1.54, 1.807) is 11.8 Å². The summed E-state index contributed by atoms with van der Waals surface area (Å²) in [5.41, 5.74) is 0. The molecule has 2 fully saturated rings. The van der Waals surface area contributed by atoms with Gasteiger partial charge in [-0.2, -0.15) is 0 Å². The van der Waals surface area contributed by atoms with Gasteiger partial charge in [0, 0.05) is 13.1 Å². The van der Waals surface area contributed by atoms with Gasteiger partial charge < -0.3 is 10.0 Å². The quantitative estimate of drug-likeness (QED) is 0.759. The van der Waals surface area contributed by atoms with Crippen molar-refractivity contribution in [3.05, 3.63) is 0 Å². The zero-order valence-electron chi connectivity index (χ0n) is 10.1. The third-order valence-electron chi connectivity index (χ3n) is 3.88. The number of rotatable bonds is 1. The number of thioether (sulfide) groups is 1. The maximum absolute atomic E-state index is 12.4. The molecule has 0 aromatic carbocycles. The number of aliphatic hydroxyl groups excluding tert-OH is 1. The number of carbonyl (C=O) groups is 1. The van der Waals surface area contributed by atoms with E-state index in [9.17, 15) is 9.90 Å². The molecule has 3 unspecified atom stereocenters. The van der Waals surface area contributed by atoms with Crippen LogP contribution < -0.4 is 0 Å². The third-order valence-corrected chi connectivity index (χ3v) is 5.39. The number of hydrogen-bond donors (Lipinski definition) is 1. The van der Waals surface area contributed by atoms with Crippen LogP contribution >= 0.6 is 11.8 Å². The molecule has 92 valence electrons. The molecule has 1 amide bonds. The van der Waals surface area contributed by atoms with Crippen LogP contribution in [0.1, 0.15) is 33.1 Å². The number of amides is 1. The fourth-order valence-electron chi connectivity index (χ4n) is 2.52. The van der Waals surface area contributed by atoms with E-state index in [2.05, 4.69) is 13.8 Å². The highest BCUT2D eigenvalue weighted by Gasteiger charge is 2.41. The van der Waals surface area contributed by atoms with Crippen LogP contribution in [0.4, 0.5) is 0 Å². The molecule has 16 heavy (non-hydrogen) atoms. The van der Waals surface area contributed by atoms with Gasteiger partial charge in [0.15, 0.2) is 0 Å². The molecule has 0 spiro atoms. The Labute approximate surface area is 102 Å². The van der Waals surface area contributed by atoms with Gasteiger partial charge in [-0.1, -0.05) is 6.92 Å². The van der Waals surface area contributed by atoms with E-state index in [1.807, 2.05) is 4.90 Å². The predicted octanol–water partition coefficient (Wildman–Crippen LogP) is 1.50. The van der Waals surface area contributed by atoms with Gasteiger partial charge in [0.2, 0.25) is 5.91 Å². The normalized spacial score (nSPS) is 40.1. The minimum Gasteiger partial charge on any atom is -0.391 e. The predicted molar refractivity (Wildman–Crippen MR) is 66.5 cm³/mol. The summed E-state index contributed by atoms with van der Waals surface area (Å²) in [6.45, 7) is 5.44. The molecule has 3 atom stereocenters. The van der Waals surface area contributed by atoms with E-state index < -0.39 is 0 Å². The minimum absolute atomic E-state index is 0.222. The first-order chi connectivity index (χ1) is 7.53. The van der Waals surface area contributed by atoms with Crippen LogP contribution in [0.5, 0.6) is 0 Å². The molecule has 2 rings (SSSR count). The maximum atomic E-state index is 12.4. The molecule has 0 aromatic rings. The van der Waals surface area contributed by atoms with Crippen LogP contribution in [-0.2, 0) is 4.79 Å². The van der Waals surface area contributed by atoms with Crippen molar-refractivity contribution in [1.82, 2.24) is 4.90 Å². The van der Waals surface area contributed by atoms with E-state index in [4.69, 9.17) is 0 Å². The summed E-state index contributed by atoms with van der Waals surface area (Å²) in [5.74, 6) is 1.66. The van der Waals surface area contributed by atoms with Gasteiger partial charge in [0.05, 0.1) is 10.9 Å². The first kappa shape index (κ1) is 12.2. The fourth-order valence-corrected chi connectivity index (χ4v) is 3.80. The van der Waals surface area contributed by atoms with E-state index in [-0.39, 0.29) is 16.8 Å². The number of piperidine rings is 1. The van der Waals surface area contributed by atoms with Crippen LogP contribution in [0.15, 0.2) is 0 Å². The Morgan fingerprint density at radius 3 is 2.88 bits per heavy atom. The molecule has 1 N–H and O–H groups in total. The molecule has 0 saturated carbocycles. The lowest BCUT2D eigenvalue weighted by Crippen LogP contribution is -2.51. The van der Waals surface area contributed by atoms with E-state index in [0.29, 0.717) is 12.5 Å². The molecule has 0 aliphatic carbocycles. The molecule has 0 aromatic heterocycles. The van der Waals surface area contributed by atoms with Crippen LogP contribution in [0.2, 0.25) is 0 Å². The second kappa shape index (κ2) is 4.57. The zero-order valence-corrected chi connectivity index (χ0v) is 10.9. The topological polar surface area (TPSA) is 40.5 Å². The Morgan fingerprint density at radius 2 is 2.31 bits per heavy atom. The lowest BCUT2D eigenvalue weighted by Gasteiger charge is -2.38. The van der Waals surface area contributed by atoms with Crippen LogP contribution in [0.3, 0.4) is 0 Å². The van der Waals surface area contributed by atoms with Crippen molar-refractivity contribution in [3.63, 3.8) is 0 Å². The Kier molecular flexibility index (Phi) is 3.50. The summed E-state index contributed by atoms with van der Waals surface area (Å²) in [5, 5.41) is 9.82. The Morgan fingerprint density at radius 1 is 1.56 bits per heavy atom. The van der Waals surface area contributed by atoms with Crippen molar-refractivity contribution in [1.29, 1.82) is 0 Å².